The molecule has 0 spiro atoms. The minimum absolute atomic E-state index is 0.656. The first kappa shape index (κ1) is 9.46. The second-order valence-corrected chi connectivity index (χ2v) is 4.98. The molecule has 0 bridgehead atoms. The van der Waals surface area contributed by atoms with Crippen molar-refractivity contribution >= 4 is 26.7 Å². The third-order valence-corrected chi connectivity index (χ3v) is 3.00. The molecule has 0 aliphatic carbocycles. The van der Waals surface area contributed by atoms with Crippen LogP contribution in [0, 0.1) is 5.92 Å². The van der Waals surface area contributed by atoms with Crippen molar-refractivity contribution in [2.45, 2.75) is 20.3 Å². The van der Waals surface area contributed by atoms with E-state index in [0.29, 0.717) is 11.0 Å². The zero-order chi connectivity index (χ0) is 10.1. The van der Waals surface area contributed by atoms with E-state index in [1.54, 1.807) is 11.3 Å². The van der Waals surface area contributed by atoms with Crippen molar-refractivity contribution in [3.05, 3.63) is 23.8 Å². The van der Waals surface area contributed by atoms with Crippen molar-refractivity contribution in [3.63, 3.8) is 0 Å². The fraction of sp³-hybridized carbons (Fsp3) is 0.364. The summed E-state index contributed by atoms with van der Waals surface area (Å²) < 4.78 is 1.20. The predicted octanol–water partition coefficient (Wildman–Crippen LogP) is 3.08. The Bertz CT molecular complexity index is 445. The van der Waals surface area contributed by atoms with Gasteiger partial charge >= 0.3 is 0 Å². The van der Waals surface area contributed by atoms with Gasteiger partial charge in [0, 0.05) is 0 Å². The van der Waals surface area contributed by atoms with Crippen LogP contribution in [0.1, 0.15) is 19.4 Å². The molecule has 2 nitrogen and oxygen atoms in total. The summed E-state index contributed by atoms with van der Waals surface area (Å²) >= 11 is 1.56. The number of thiazole rings is 1. The second-order valence-electron chi connectivity index (χ2n) is 3.91. The van der Waals surface area contributed by atoms with Crippen LogP contribution in [-0.4, -0.2) is 4.98 Å². The molecule has 0 radical (unpaired) electrons. The van der Waals surface area contributed by atoms with Crippen LogP contribution in [0.2, 0.25) is 0 Å². The number of aromatic nitrogens is 1. The van der Waals surface area contributed by atoms with Crippen LogP contribution < -0.4 is 5.73 Å². The van der Waals surface area contributed by atoms with E-state index in [-0.39, 0.29) is 0 Å². The smallest absolute Gasteiger partial charge is 0.181 e. The molecule has 74 valence electrons. The Morgan fingerprint density at radius 2 is 2.21 bits per heavy atom. The quantitative estimate of drug-likeness (QED) is 0.820. The average molecular weight is 206 g/mol. The van der Waals surface area contributed by atoms with Gasteiger partial charge < -0.3 is 5.73 Å². The third kappa shape index (κ3) is 1.73. The molecule has 2 rings (SSSR count). The molecule has 0 saturated heterocycles. The van der Waals surface area contributed by atoms with Crippen molar-refractivity contribution < 1.29 is 0 Å². The molecule has 1 aromatic carbocycles. The Morgan fingerprint density at radius 3 is 2.93 bits per heavy atom. The summed E-state index contributed by atoms with van der Waals surface area (Å²) in [7, 11) is 0. The third-order valence-electron chi connectivity index (χ3n) is 2.15. The number of nitrogens with two attached hydrogens (primary N) is 1. The highest BCUT2D eigenvalue weighted by Gasteiger charge is 2.07. The van der Waals surface area contributed by atoms with Gasteiger partial charge in [0.05, 0.1) is 10.2 Å². The van der Waals surface area contributed by atoms with E-state index in [2.05, 4.69) is 37.0 Å². The Hall–Kier alpha value is -1.09. The molecule has 3 heteroatoms. The van der Waals surface area contributed by atoms with Crippen LogP contribution in [0.3, 0.4) is 0 Å². The fourth-order valence-electron chi connectivity index (χ4n) is 1.63. The maximum absolute atomic E-state index is 5.70. The monoisotopic (exact) mass is 206 g/mol. The zero-order valence-corrected chi connectivity index (χ0v) is 9.27. The molecule has 0 atom stereocenters. The fourth-order valence-corrected chi connectivity index (χ4v) is 2.41. The van der Waals surface area contributed by atoms with Gasteiger partial charge in [0.2, 0.25) is 0 Å². The van der Waals surface area contributed by atoms with Gasteiger partial charge in [0.15, 0.2) is 5.13 Å². The van der Waals surface area contributed by atoms with E-state index in [0.717, 1.165) is 11.9 Å². The highest BCUT2D eigenvalue weighted by molar-refractivity contribution is 7.22. The van der Waals surface area contributed by atoms with Crippen LogP contribution >= 0.6 is 11.3 Å². The summed E-state index contributed by atoms with van der Waals surface area (Å²) in [5.74, 6) is 0.656. The number of anilines is 1. The van der Waals surface area contributed by atoms with Crippen LogP contribution in [0.5, 0.6) is 0 Å². The van der Waals surface area contributed by atoms with Crippen LogP contribution in [-0.2, 0) is 6.42 Å². The number of hydrogen-bond donors (Lipinski definition) is 1. The first-order chi connectivity index (χ1) is 6.66. The van der Waals surface area contributed by atoms with Crippen LogP contribution in [0.4, 0.5) is 5.13 Å². The lowest BCUT2D eigenvalue weighted by molar-refractivity contribution is 0.649. The topological polar surface area (TPSA) is 38.9 Å². The molecule has 2 N–H and O–H groups in total. The second kappa shape index (κ2) is 3.58. The number of para-hydroxylation sites is 1. The summed E-state index contributed by atoms with van der Waals surface area (Å²) in [5.41, 5.74) is 8.10. The van der Waals surface area contributed by atoms with Crippen molar-refractivity contribution in [1.29, 1.82) is 0 Å². The first-order valence-corrected chi connectivity index (χ1v) is 5.62. The van der Waals surface area contributed by atoms with Gasteiger partial charge in [0.25, 0.3) is 0 Å². The molecule has 2 aromatic rings. The van der Waals surface area contributed by atoms with E-state index < -0.39 is 0 Å². The summed E-state index contributed by atoms with van der Waals surface area (Å²) in [5, 5.41) is 0.663. The highest BCUT2D eigenvalue weighted by atomic mass is 32.1. The van der Waals surface area contributed by atoms with Gasteiger partial charge in [-0.3, -0.25) is 0 Å². The van der Waals surface area contributed by atoms with Crippen molar-refractivity contribution in [2.24, 2.45) is 5.92 Å². The Morgan fingerprint density at radius 1 is 1.43 bits per heavy atom. The van der Waals surface area contributed by atoms with Crippen LogP contribution in [0.25, 0.3) is 10.2 Å². The van der Waals surface area contributed by atoms with Gasteiger partial charge in [-0.1, -0.05) is 37.3 Å². The standard InChI is InChI=1S/C11H14N2S/c1-7(2)6-8-4-3-5-9-10(8)13-11(12)14-9/h3-5,7H,6H2,1-2H3,(H2,12,13). The van der Waals surface area contributed by atoms with E-state index in [1.807, 2.05) is 0 Å². The SMILES string of the molecule is CC(C)Cc1cccc2sc(N)nc12. The lowest BCUT2D eigenvalue weighted by atomic mass is 10.0. The van der Waals surface area contributed by atoms with Crippen molar-refractivity contribution in [2.75, 3.05) is 5.73 Å². The van der Waals surface area contributed by atoms with Gasteiger partial charge in [-0.05, 0) is 24.0 Å². The summed E-state index contributed by atoms with van der Waals surface area (Å²) in [4.78, 5) is 4.36. The number of nitrogens with zero attached hydrogens (tertiary/aromatic N) is 1. The van der Waals surface area contributed by atoms with Crippen molar-refractivity contribution in [1.82, 2.24) is 4.98 Å². The zero-order valence-electron chi connectivity index (χ0n) is 8.45. The number of hydrogen-bond acceptors (Lipinski definition) is 3. The van der Waals surface area contributed by atoms with Crippen molar-refractivity contribution in [3.8, 4) is 0 Å². The lowest BCUT2D eigenvalue weighted by Gasteiger charge is -2.04. The van der Waals surface area contributed by atoms with Gasteiger partial charge in [0.1, 0.15) is 0 Å². The van der Waals surface area contributed by atoms with E-state index >= 15 is 0 Å². The van der Waals surface area contributed by atoms with E-state index in [1.165, 1.54) is 10.3 Å². The molecular weight excluding hydrogens is 192 g/mol. The summed E-state index contributed by atoms with van der Waals surface area (Å²) in [6, 6.07) is 6.30. The molecule has 0 unspecified atom stereocenters. The van der Waals surface area contributed by atoms with Gasteiger partial charge in [-0.15, -0.1) is 0 Å². The molecular formula is C11H14N2S. The minimum Gasteiger partial charge on any atom is -0.375 e. The average Bonchev–Trinajstić information content (AvgIpc) is 2.45. The molecule has 0 fully saturated rings. The summed E-state index contributed by atoms with van der Waals surface area (Å²) in [6.07, 6.45) is 1.07. The molecule has 0 amide bonds. The number of rotatable bonds is 2. The Kier molecular flexibility index (Phi) is 2.42. The van der Waals surface area contributed by atoms with E-state index in [4.69, 9.17) is 5.73 Å². The summed E-state index contributed by atoms with van der Waals surface area (Å²) in [6.45, 7) is 4.43. The Labute approximate surface area is 87.8 Å². The maximum Gasteiger partial charge on any atom is 0.181 e. The largest absolute Gasteiger partial charge is 0.375 e. The molecule has 0 aliphatic rings. The highest BCUT2D eigenvalue weighted by Crippen LogP contribution is 2.27. The predicted molar refractivity (Wildman–Crippen MR) is 62.6 cm³/mol. The molecule has 1 heterocycles. The lowest BCUT2D eigenvalue weighted by Crippen LogP contribution is -1.94. The number of nitrogen functional groups attached to an aromatic ring is 1. The molecule has 0 saturated carbocycles. The molecule has 14 heavy (non-hydrogen) atoms. The van der Waals surface area contributed by atoms with Crippen LogP contribution in [0.15, 0.2) is 18.2 Å². The maximum atomic E-state index is 5.70. The molecule has 0 aliphatic heterocycles. The Balaban J connectivity index is 2.53. The number of fused-ring (bicyclic) bond motifs is 1. The molecule has 1 aromatic heterocycles. The normalized spacial score (nSPS) is 11.4. The first-order valence-electron chi connectivity index (χ1n) is 4.80. The van der Waals surface area contributed by atoms with E-state index in [9.17, 15) is 0 Å². The van der Waals surface area contributed by atoms with Gasteiger partial charge in [-0.2, -0.15) is 0 Å². The van der Waals surface area contributed by atoms with Gasteiger partial charge in [-0.25, -0.2) is 4.98 Å². The minimum atomic E-state index is 0.656. The number of benzene rings is 1.